The van der Waals surface area contributed by atoms with Crippen molar-refractivity contribution in [1.29, 1.82) is 5.26 Å². The first kappa shape index (κ1) is 24.0. The number of aliphatic hydroxyl groups is 1. The highest BCUT2D eigenvalue weighted by atomic mass is 32.2. The summed E-state index contributed by atoms with van der Waals surface area (Å²) >= 11 is 3.01. The number of carbonyl (C=O) groups excluding carboxylic acids is 1. The molecule has 0 radical (unpaired) electrons. The van der Waals surface area contributed by atoms with E-state index in [1.165, 1.54) is 35.9 Å². The summed E-state index contributed by atoms with van der Waals surface area (Å²) in [5.41, 5.74) is 0.645. The summed E-state index contributed by atoms with van der Waals surface area (Å²) in [5, 5.41) is 34.4. The third-order valence-electron chi connectivity index (χ3n) is 5.85. The normalized spacial score (nSPS) is 14.9. The van der Waals surface area contributed by atoms with Crippen LogP contribution in [0.25, 0.3) is 0 Å². The third kappa shape index (κ3) is 6.07. The van der Waals surface area contributed by atoms with E-state index >= 15 is 0 Å². The number of hydrogen-bond donors (Lipinski definition) is 2. The Labute approximate surface area is 207 Å². The van der Waals surface area contributed by atoms with Crippen LogP contribution in [-0.2, 0) is 17.8 Å². The van der Waals surface area contributed by atoms with Gasteiger partial charge in [-0.15, -0.1) is 21.5 Å². The summed E-state index contributed by atoms with van der Waals surface area (Å²) in [4.78, 5) is 13.7. The first-order valence-electron chi connectivity index (χ1n) is 11.4. The SMILES string of the molecule is N#CC(C(=O)NCc1ccccc1)=C(O)CSc1nnc(Cc2cccs2)n1C1CCCCC1. The number of aliphatic hydroxyl groups excluding tert-OH is 1. The maximum Gasteiger partial charge on any atom is 0.265 e. The maximum atomic E-state index is 12.5. The molecule has 176 valence electrons. The van der Waals surface area contributed by atoms with Gasteiger partial charge in [0, 0.05) is 23.9 Å². The van der Waals surface area contributed by atoms with E-state index in [4.69, 9.17) is 0 Å². The van der Waals surface area contributed by atoms with Gasteiger partial charge in [0.15, 0.2) is 10.7 Å². The fourth-order valence-corrected chi connectivity index (χ4v) is 5.72. The number of nitrogens with zero attached hydrogens (tertiary/aromatic N) is 4. The van der Waals surface area contributed by atoms with E-state index in [1.807, 2.05) is 42.5 Å². The second-order valence-corrected chi connectivity index (χ2v) is 10.2. The highest BCUT2D eigenvalue weighted by molar-refractivity contribution is 7.99. The van der Waals surface area contributed by atoms with Crippen LogP contribution in [0.15, 0.2) is 64.3 Å². The lowest BCUT2D eigenvalue weighted by atomic mass is 9.95. The number of hydrogen-bond acceptors (Lipinski definition) is 7. The van der Waals surface area contributed by atoms with Gasteiger partial charge in [-0.1, -0.05) is 67.4 Å². The molecule has 2 heterocycles. The standard InChI is InChI=1S/C25H27N5O2S2/c26-15-21(24(32)27-16-18-8-3-1-4-9-18)22(31)17-34-25-29-28-23(14-20-12-7-13-33-20)30(25)19-10-5-2-6-11-19/h1,3-4,7-9,12-13,19,31H,2,5-6,10-11,14,16-17H2,(H,27,32). The lowest BCUT2D eigenvalue weighted by Crippen LogP contribution is -2.25. The summed E-state index contributed by atoms with van der Waals surface area (Å²) in [5.74, 6) is 0.153. The second kappa shape index (κ2) is 11.9. The third-order valence-corrected chi connectivity index (χ3v) is 7.68. The van der Waals surface area contributed by atoms with Gasteiger partial charge in [-0.2, -0.15) is 5.26 Å². The summed E-state index contributed by atoms with van der Waals surface area (Å²) in [6.45, 7) is 0.285. The number of rotatable bonds is 9. The topological polar surface area (TPSA) is 104 Å². The molecule has 1 saturated carbocycles. The molecule has 0 unspecified atom stereocenters. The predicted molar refractivity (Wildman–Crippen MR) is 134 cm³/mol. The zero-order chi connectivity index (χ0) is 23.8. The molecule has 34 heavy (non-hydrogen) atoms. The highest BCUT2D eigenvalue weighted by Crippen LogP contribution is 2.34. The monoisotopic (exact) mass is 493 g/mol. The van der Waals surface area contributed by atoms with Crippen molar-refractivity contribution < 1.29 is 9.90 Å². The van der Waals surface area contributed by atoms with Crippen molar-refractivity contribution in [2.24, 2.45) is 0 Å². The van der Waals surface area contributed by atoms with Crippen LogP contribution in [-0.4, -0.2) is 31.5 Å². The maximum absolute atomic E-state index is 12.5. The Morgan fingerprint density at radius 1 is 1.18 bits per heavy atom. The predicted octanol–water partition coefficient (Wildman–Crippen LogP) is 5.18. The average molecular weight is 494 g/mol. The summed E-state index contributed by atoms with van der Waals surface area (Å²) in [6, 6.07) is 15.7. The minimum Gasteiger partial charge on any atom is -0.510 e. The molecule has 7 nitrogen and oxygen atoms in total. The Hall–Kier alpha value is -3.09. The molecule has 0 aliphatic heterocycles. The number of benzene rings is 1. The quantitative estimate of drug-likeness (QED) is 0.184. The van der Waals surface area contributed by atoms with Crippen LogP contribution in [0.1, 0.15) is 54.4 Å². The van der Waals surface area contributed by atoms with Crippen LogP contribution in [0, 0.1) is 11.3 Å². The summed E-state index contributed by atoms with van der Waals surface area (Å²) in [6.07, 6.45) is 6.48. The number of amides is 1. The molecule has 1 aliphatic carbocycles. The second-order valence-electron chi connectivity index (χ2n) is 8.21. The Balaban J connectivity index is 1.47. The van der Waals surface area contributed by atoms with E-state index in [0.717, 1.165) is 30.7 Å². The van der Waals surface area contributed by atoms with E-state index in [9.17, 15) is 15.2 Å². The van der Waals surface area contributed by atoms with E-state index in [0.29, 0.717) is 11.2 Å². The number of aromatic nitrogens is 3. The van der Waals surface area contributed by atoms with Crippen molar-refractivity contribution in [3.63, 3.8) is 0 Å². The van der Waals surface area contributed by atoms with Crippen molar-refractivity contribution in [1.82, 2.24) is 20.1 Å². The molecule has 4 rings (SSSR count). The van der Waals surface area contributed by atoms with E-state index < -0.39 is 5.91 Å². The van der Waals surface area contributed by atoms with Gasteiger partial charge in [0.2, 0.25) is 0 Å². The molecule has 1 aliphatic rings. The molecule has 9 heteroatoms. The molecule has 0 bridgehead atoms. The molecule has 1 fully saturated rings. The number of nitriles is 1. The Morgan fingerprint density at radius 2 is 1.97 bits per heavy atom. The fraction of sp³-hybridized carbons (Fsp3) is 0.360. The lowest BCUT2D eigenvalue weighted by Gasteiger charge is -2.25. The van der Waals surface area contributed by atoms with E-state index in [1.54, 1.807) is 11.3 Å². The van der Waals surface area contributed by atoms with Crippen LogP contribution >= 0.6 is 23.1 Å². The molecule has 2 N–H and O–H groups in total. The smallest absolute Gasteiger partial charge is 0.265 e. The van der Waals surface area contributed by atoms with Gasteiger partial charge in [0.25, 0.3) is 5.91 Å². The van der Waals surface area contributed by atoms with Crippen LogP contribution in [0.3, 0.4) is 0 Å². The first-order valence-corrected chi connectivity index (χ1v) is 13.3. The van der Waals surface area contributed by atoms with Crippen molar-refractivity contribution >= 4 is 29.0 Å². The zero-order valence-corrected chi connectivity index (χ0v) is 20.4. The Bertz CT molecular complexity index is 1160. The average Bonchev–Trinajstić information content (AvgIpc) is 3.53. The van der Waals surface area contributed by atoms with Gasteiger partial charge in [-0.05, 0) is 29.9 Å². The van der Waals surface area contributed by atoms with E-state index in [2.05, 4.69) is 31.5 Å². The largest absolute Gasteiger partial charge is 0.510 e. The van der Waals surface area contributed by atoms with Crippen molar-refractivity contribution in [3.05, 3.63) is 75.4 Å². The molecule has 0 atom stereocenters. The molecule has 0 saturated heterocycles. The van der Waals surface area contributed by atoms with Crippen LogP contribution in [0.4, 0.5) is 0 Å². The molecule has 1 amide bonds. The Kier molecular flexibility index (Phi) is 8.39. The number of nitrogens with one attached hydrogen (secondary N) is 1. The molecule has 3 aromatic rings. The molecular formula is C25H27N5O2S2. The van der Waals surface area contributed by atoms with Crippen LogP contribution < -0.4 is 5.32 Å². The van der Waals surface area contributed by atoms with Crippen molar-refractivity contribution in [2.75, 3.05) is 5.75 Å². The van der Waals surface area contributed by atoms with Gasteiger partial charge < -0.3 is 15.0 Å². The van der Waals surface area contributed by atoms with Gasteiger partial charge in [-0.25, -0.2) is 0 Å². The van der Waals surface area contributed by atoms with Gasteiger partial charge >= 0.3 is 0 Å². The molecule has 2 aromatic heterocycles. The lowest BCUT2D eigenvalue weighted by molar-refractivity contribution is -0.117. The number of carbonyl (C=O) groups is 1. The molecule has 0 spiro atoms. The van der Waals surface area contributed by atoms with Gasteiger partial charge in [-0.3, -0.25) is 4.79 Å². The Morgan fingerprint density at radius 3 is 2.68 bits per heavy atom. The highest BCUT2D eigenvalue weighted by Gasteiger charge is 2.24. The van der Waals surface area contributed by atoms with Gasteiger partial charge in [0.1, 0.15) is 17.7 Å². The van der Waals surface area contributed by atoms with Crippen molar-refractivity contribution in [2.45, 2.75) is 56.3 Å². The fourth-order valence-electron chi connectivity index (χ4n) is 4.12. The molecular weight excluding hydrogens is 466 g/mol. The minimum atomic E-state index is -0.586. The number of thiophene rings is 1. The summed E-state index contributed by atoms with van der Waals surface area (Å²) < 4.78 is 2.21. The van der Waals surface area contributed by atoms with Crippen LogP contribution in [0.5, 0.6) is 0 Å². The van der Waals surface area contributed by atoms with E-state index in [-0.39, 0.29) is 23.6 Å². The summed E-state index contributed by atoms with van der Waals surface area (Å²) in [7, 11) is 0. The van der Waals surface area contributed by atoms with Crippen LogP contribution in [0.2, 0.25) is 0 Å². The number of thioether (sulfide) groups is 1. The minimum absolute atomic E-state index is 0.0749. The van der Waals surface area contributed by atoms with Gasteiger partial charge in [0.05, 0.1) is 5.75 Å². The first-order chi connectivity index (χ1) is 16.7. The molecule has 1 aromatic carbocycles. The van der Waals surface area contributed by atoms with Crippen molar-refractivity contribution in [3.8, 4) is 6.07 Å². The zero-order valence-electron chi connectivity index (χ0n) is 18.8.